The first-order valence-corrected chi connectivity index (χ1v) is 2.93. The zero-order chi connectivity index (χ0) is 9.98. The quantitative estimate of drug-likeness (QED) is 0.495. The topological polar surface area (TPSA) is 110 Å². The number of ether oxygens (including phenoxy) is 1. The highest BCUT2D eigenvalue weighted by Crippen LogP contribution is 1.67. The normalized spacial score (nSPS) is 7.42. The zero-order valence-corrected chi connectivity index (χ0v) is 6.40. The Kier molecular flexibility index (Phi) is 10.3. The molecule has 4 N–H and O–H groups in total. The van der Waals surface area contributed by atoms with Crippen LogP contribution in [0.1, 0.15) is 0 Å². The summed E-state index contributed by atoms with van der Waals surface area (Å²) in [6, 6.07) is 0. The molecule has 0 aromatic carbocycles. The van der Waals surface area contributed by atoms with Gasteiger partial charge in [0, 0.05) is 6.08 Å². The molecule has 1 amide bonds. The van der Waals surface area contributed by atoms with E-state index in [2.05, 4.69) is 17.0 Å². The molecule has 0 atom stereocenters. The van der Waals surface area contributed by atoms with E-state index in [0.717, 1.165) is 6.08 Å². The number of carbonyl (C=O) groups excluding carboxylic acids is 1. The first kappa shape index (κ1) is 13.1. The number of hydrogen-bond donors (Lipinski definition) is 3. The third-order valence-electron chi connectivity index (χ3n) is 0.510. The van der Waals surface area contributed by atoms with E-state index in [4.69, 9.17) is 10.2 Å². The molecule has 0 bridgehead atoms. The van der Waals surface area contributed by atoms with E-state index in [1.807, 2.05) is 0 Å². The number of carboxylic acids is 1. The first-order valence-electron chi connectivity index (χ1n) is 2.93. The number of hydrogen-bond acceptors (Lipinski definition) is 4. The number of primary amides is 1. The third kappa shape index (κ3) is 23.7. The van der Waals surface area contributed by atoms with Crippen LogP contribution in [0.2, 0.25) is 0 Å². The number of nitrogens with two attached hydrogens (primary N) is 1. The van der Waals surface area contributed by atoms with Crippen LogP contribution in [0.5, 0.6) is 0 Å². The molecule has 0 spiro atoms. The van der Waals surface area contributed by atoms with Crippen LogP contribution in [-0.4, -0.2) is 35.5 Å². The summed E-state index contributed by atoms with van der Waals surface area (Å²) in [5, 5.41) is 15.6. The lowest BCUT2D eigenvalue weighted by molar-refractivity contribution is -0.131. The molecule has 0 heterocycles. The second-order valence-corrected chi connectivity index (χ2v) is 1.43. The van der Waals surface area contributed by atoms with Gasteiger partial charge in [-0.3, -0.25) is 0 Å². The molecule has 0 aliphatic carbocycles. The fourth-order valence-corrected chi connectivity index (χ4v) is 0.146. The van der Waals surface area contributed by atoms with Crippen molar-refractivity contribution in [1.29, 1.82) is 0 Å². The number of aliphatic hydroxyl groups excluding tert-OH is 1. The fourth-order valence-electron chi connectivity index (χ4n) is 0.146. The molecule has 6 heteroatoms. The van der Waals surface area contributed by atoms with E-state index in [0.29, 0.717) is 0 Å². The molecule has 0 aliphatic rings. The lowest BCUT2D eigenvalue weighted by atomic mass is 10.7. The lowest BCUT2D eigenvalue weighted by Crippen LogP contribution is -2.15. The minimum absolute atomic E-state index is 0.0185. The van der Waals surface area contributed by atoms with E-state index in [1.54, 1.807) is 0 Å². The second-order valence-electron chi connectivity index (χ2n) is 1.43. The van der Waals surface area contributed by atoms with Crippen LogP contribution in [0.3, 0.4) is 0 Å². The molecule has 0 saturated carbocycles. The number of carboxylic acid groups (broad SMARTS) is 1. The van der Waals surface area contributed by atoms with Gasteiger partial charge in [-0.05, 0) is 0 Å². The van der Waals surface area contributed by atoms with Crippen LogP contribution in [0, 0.1) is 0 Å². The highest BCUT2D eigenvalue weighted by molar-refractivity contribution is 5.78. The Morgan fingerprint density at radius 2 is 2.00 bits per heavy atom. The van der Waals surface area contributed by atoms with Crippen molar-refractivity contribution < 1.29 is 24.5 Å². The molecule has 0 radical (unpaired) electrons. The Labute approximate surface area is 69.2 Å². The van der Waals surface area contributed by atoms with Crippen LogP contribution in [-0.2, 0) is 9.53 Å². The number of amides is 1. The van der Waals surface area contributed by atoms with Gasteiger partial charge in [0.25, 0.3) is 0 Å². The smallest absolute Gasteiger partial charge is 0.404 e. The van der Waals surface area contributed by atoms with Gasteiger partial charge in [0.15, 0.2) is 0 Å². The first-order chi connectivity index (χ1) is 5.54. The van der Waals surface area contributed by atoms with Crippen molar-refractivity contribution in [1.82, 2.24) is 0 Å². The van der Waals surface area contributed by atoms with Crippen LogP contribution < -0.4 is 5.73 Å². The van der Waals surface area contributed by atoms with Crippen molar-refractivity contribution in [3.8, 4) is 0 Å². The SMILES string of the molecule is C=CC(=O)O.NC(=O)OCCO. The molecule has 0 fully saturated rings. The Hall–Kier alpha value is -1.56. The van der Waals surface area contributed by atoms with E-state index < -0.39 is 12.1 Å². The summed E-state index contributed by atoms with van der Waals surface area (Å²) in [7, 11) is 0. The summed E-state index contributed by atoms with van der Waals surface area (Å²) in [5.74, 6) is -0.981. The summed E-state index contributed by atoms with van der Waals surface area (Å²) in [5.41, 5.74) is 4.51. The van der Waals surface area contributed by atoms with Gasteiger partial charge < -0.3 is 20.7 Å². The number of carbonyl (C=O) groups is 2. The van der Waals surface area contributed by atoms with E-state index in [1.165, 1.54) is 0 Å². The molecule has 70 valence electrons. The van der Waals surface area contributed by atoms with Gasteiger partial charge >= 0.3 is 12.1 Å². The predicted octanol–water partition coefficient (Wildman–Crippen LogP) is -0.669. The van der Waals surface area contributed by atoms with Crippen LogP contribution in [0.15, 0.2) is 12.7 Å². The average Bonchev–Trinajstić information content (AvgIpc) is 2.02. The number of rotatable bonds is 3. The summed E-state index contributed by atoms with van der Waals surface area (Å²) >= 11 is 0. The minimum Gasteiger partial charge on any atom is -0.478 e. The Bertz CT molecular complexity index is 156. The standard InChI is InChI=1S/C3H7NO3.C3H4O2/c4-3(6)7-2-1-5;1-2-3(4)5/h5H,1-2H2,(H2,4,6);2H,1H2,(H,4,5). The van der Waals surface area contributed by atoms with Gasteiger partial charge in [-0.15, -0.1) is 0 Å². The summed E-state index contributed by atoms with van der Waals surface area (Å²) in [6.45, 7) is 2.76. The van der Waals surface area contributed by atoms with Crippen LogP contribution in [0.25, 0.3) is 0 Å². The van der Waals surface area contributed by atoms with Crippen LogP contribution in [0.4, 0.5) is 4.79 Å². The predicted molar refractivity (Wildman–Crippen MR) is 40.5 cm³/mol. The molecule has 0 unspecified atom stereocenters. The van der Waals surface area contributed by atoms with E-state index >= 15 is 0 Å². The molecule has 6 nitrogen and oxygen atoms in total. The van der Waals surface area contributed by atoms with Crippen molar-refractivity contribution in [2.45, 2.75) is 0 Å². The monoisotopic (exact) mass is 177 g/mol. The van der Waals surface area contributed by atoms with Gasteiger partial charge in [-0.1, -0.05) is 6.58 Å². The van der Waals surface area contributed by atoms with Gasteiger partial charge in [0.2, 0.25) is 0 Å². The zero-order valence-electron chi connectivity index (χ0n) is 6.40. The third-order valence-corrected chi connectivity index (χ3v) is 0.510. The molecule has 0 saturated heterocycles. The molecule has 0 aromatic heterocycles. The van der Waals surface area contributed by atoms with Crippen LogP contribution >= 0.6 is 0 Å². The fraction of sp³-hybridized carbons (Fsp3) is 0.333. The van der Waals surface area contributed by atoms with Crippen molar-refractivity contribution in [3.05, 3.63) is 12.7 Å². The van der Waals surface area contributed by atoms with Crippen molar-refractivity contribution >= 4 is 12.1 Å². The highest BCUT2D eigenvalue weighted by Gasteiger charge is 1.87. The summed E-state index contributed by atoms with van der Waals surface area (Å²) in [6.07, 6.45) is -0.0194. The maximum absolute atomic E-state index is 9.65. The average molecular weight is 177 g/mol. The molecule has 0 rings (SSSR count). The molecular formula is C6H11NO5. The summed E-state index contributed by atoms with van der Waals surface area (Å²) in [4.78, 5) is 18.9. The van der Waals surface area contributed by atoms with E-state index in [-0.39, 0.29) is 13.2 Å². The number of aliphatic hydroxyl groups is 1. The van der Waals surface area contributed by atoms with Crippen molar-refractivity contribution in [2.24, 2.45) is 5.73 Å². The second kappa shape index (κ2) is 9.44. The van der Waals surface area contributed by atoms with Gasteiger partial charge in [0.05, 0.1) is 6.61 Å². The van der Waals surface area contributed by atoms with Crippen molar-refractivity contribution in [3.63, 3.8) is 0 Å². The maximum atomic E-state index is 9.65. The molecule has 0 aromatic rings. The van der Waals surface area contributed by atoms with Gasteiger partial charge in [-0.2, -0.15) is 0 Å². The van der Waals surface area contributed by atoms with Crippen molar-refractivity contribution in [2.75, 3.05) is 13.2 Å². The minimum atomic E-state index is -0.981. The Morgan fingerprint density at radius 3 is 2.08 bits per heavy atom. The van der Waals surface area contributed by atoms with E-state index in [9.17, 15) is 9.59 Å². The Morgan fingerprint density at radius 1 is 1.58 bits per heavy atom. The molecular weight excluding hydrogens is 166 g/mol. The largest absolute Gasteiger partial charge is 0.478 e. The van der Waals surface area contributed by atoms with Gasteiger partial charge in [0.1, 0.15) is 6.61 Å². The summed E-state index contributed by atoms with van der Waals surface area (Å²) < 4.78 is 4.08. The van der Waals surface area contributed by atoms with Gasteiger partial charge in [-0.25, -0.2) is 9.59 Å². The molecule has 12 heavy (non-hydrogen) atoms. The number of aliphatic carboxylic acids is 1. The maximum Gasteiger partial charge on any atom is 0.404 e. The Balaban J connectivity index is 0. The lowest BCUT2D eigenvalue weighted by Gasteiger charge is -1.92. The highest BCUT2D eigenvalue weighted by atomic mass is 16.6. The molecule has 0 aliphatic heterocycles.